The zero-order valence-electron chi connectivity index (χ0n) is 6.99. The lowest BCUT2D eigenvalue weighted by Gasteiger charge is -2.04. The number of nitrogens with one attached hydrogen (secondary N) is 1. The lowest BCUT2D eigenvalue weighted by Crippen LogP contribution is -2.20. The minimum Gasteiger partial charge on any atom is -0.286 e. The lowest BCUT2D eigenvalue weighted by atomic mass is 10.1. The van der Waals surface area contributed by atoms with Gasteiger partial charge in [0, 0.05) is 5.02 Å². The summed E-state index contributed by atoms with van der Waals surface area (Å²) in [5.41, 5.74) is 0.755. The van der Waals surface area contributed by atoms with Gasteiger partial charge < -0.3 is 0 Å². The summed E-state index contributed by atoms with van der Waals surface area (Å²) in [5, 5.41) is 2.03. The summed E-state index contributed by atoms with van der Waals surface area (Å²) in [6.45, 7) is 0. The first kappa shape index (κ1) is 9.55. The molecule has 1 aliphatic heterocycles. The molecule has 1 heterocycles. The molecule has 1 aliphatic rings. The van der Waals surface area contributed by atoms with E-state index in [4.69, 9.17) is 11.6 Å². The van der Waals surface area contributed by atoms with Crippen molar-refractivity contribution in [3.05, 3.63) is 34.9 Å². The molecular weight excluding hydrogens is 222 g/mol. The Morgan fingerprint density at radius 3 is 2.71 bits per heavy atom. The minimum absolute atomic E-state index is 0.276. The molecule has 1 unspecified atom stereocenters. The third-order valence-electron chi connectivity index (χ3n) is 1.84. The smallest absolute Gasteiger partial charge is 0.286 e. The van der Waals surface area contributed by atoms with E-state index in [-0.39, 0.29) is 11.1 Å². The lowest BCUT2D eigenvalue weighted by molar-refractivity contribution is -0.119. The van der Waals surface area contributed by atoms with Crippen LogP contribution in [-0.2, 0) is 4.79 Å². The van der Waals surface area contributed by atoms with Crippen LogP contribution in [0.4, 0.5) is 4.79 Å². The van der Waals surface area contributed by atoms with E-state index in [2.05, 4.69) is 5.32 Å². The van der Waals surface area contributed by atoms with E-state index in [0.717, 1.165) is 17.3 Å². The van der Waals surface area contributed by atoms with E-state index in [1.807, 2.05) is 0 Å². The van der Waals surface area contributed by atoms with Crippen molar-refractivity contribution in [3.63, 3.8) is 0 Å². The summed E-state index contributed by atoms with van der Waals surface area (Å²) in [4.78, 5) is 22.2. The SMILES string of the molecule is O=C1NC(=O)C(c2cccc(Cl)c2)S1. The Morgan fingerprint density at radius 1 is 1.36 bits per heavy atom. The molecule has 72 valence electrons. The van der Waals surface area contributed by atoms with Crippen molar-refractivity contribution in [2.75, 3.05) is 0 Å². The quantitative estimate of drug-likeness (QED) is 0.801. The van der Waals surface area contributed by atoms with Crippen molar-refractivity contribution in [2.45, 2.75) is 5.25 Å². The van der Waals surface area contributed by atoms with Gasteiger partial charge in [-0.3, -0.25) is 14.9 Å². The number of carbonyl (C=O) groups is 2. The maximum absolute atomic E-state index is 11.3. The molecular formula is C9H6ClNO2S. The van der Waals surface area contributed by atoms with E-state index in [1.54, 1.807) is 24.3 Å². The predicted molar refractivity (Wildman–Crippen MR) is 55.3 cm³/mol. The van der Waals surface area contributed by atoms with Crippen LogP contribution in [0.3, 0.4) is 0 Å². The van der Waals surface area contributed by atoms with Crippen LogP contribution in [0.5, 0.6) is 0 Å². The molecule has 0 aromatic heterocycles. The van der Waals surface area contributed by atoms with Crippen LogP contribution in [0.15, 0.2) is 24.3 Å². The van der Waals surface area contributed by atoms with Crippen LogP contribution in [0.2, 0.25) is 5.02 Å². The van der Waals surface area contributed by atoms with Crippen molar-refractivity contribution in [3.8, 4) is 0 Å². The standard InChI is InChI=1S/C9H6ClNO2S/c10-6-3-1-2-5(4-6)7-8(12)11-9(13)14-7/h1-4,7H,(H,11,12,13). The highest BCUT2D eigenvalue weighted by Crippen LogP contribution is 2.34. The maximum Gasteiger partial charge on any atom is 0.286 e. The summed E-state index contributed by atoms with van der Waals surface area (Å²) in [6, 6.07) is 6.96. The van der Waals surface area contributed by atoms with Gasteiger partial charge in [0.2, 0.25) is 5.91 Å². The number of halogens is 1. The van der Waals surface area contributed by atoms with Crippen molar-refractivity contribution in [1.29, 1.82) is 0 Å². The highest BCUT2D eigenvalue weighted by Gasteiger charge is 2.32. The highest BCUT2D eigenvalue weighted by molar-refractivity contribution is 8.15. The van der Waals surface area contributed by atoms with Crippen LogP contribution in [0, 0.1) is 0 Å². The molecule has 3 nitrogen and oxygen atoms in total. The average Bonchev–Trinajstić information content (AvgIpc) is 2.45. The van der Waals surface area contributed by atoms with Crippen molar-refractivity contribution in [1.82, 2.24) is 5.32 Å². The number of imide groups is 1. The van der Waals surface area contributed by atoms with Crippen molar-refractivity contribution >= 4 is 34.5 Å². The fourth-order valence-electron chi connectivity index (χ4n) is 1.25. The third kappa shape index (κ3) is 1.76. The Bertz CT molecular complexity index is 408. The van der Waals surface area contributed by atoms with E-state index >= 15 is 0 Å². The van der Waals surface area contributed by atoms with Crippen LogP contribution >= 0.6 is 23.4 Å². The van der Waals surface area contributed by atoms with Gasteiger partial charge >= 0.3 is 0 Å². The molecule has 1 aromatic rings. The molecule has 5 heteroatoms. The van der Waals surface area contributed by atoms with Gasteiger partial charge in [-0.2, -0.15) is 0 Å². The predicted octanol–water partition coefficient (Wildman–Crippen LogP) is 2.36. The minimum atomic E-state index is -0.457. The van der Waals surface area contributed by atoms with Gasteiger partial charge in [0.05, 0.1) is 0 Å². The monoisotopic (exact) mass is 227 g/mol. The molecule has 14 heavy (non-hydrogen) atoms. The van der Waals surface area contributed by atoms with Gasteiger partial charge in [0.1, 0.15) is 5.25 Å². The second-order valence-electron chi connectivity index (χ2n) is 2.83. The largest absolute Gasteiger partial charge is 0.286 e. The number of carbonyl (C=O) groups excluding carboxylic acids is 2. The molecule has 0 saturated carbocycles. The molecule has 1 N–H and O–H groups in total. The molecule has 1 atom stereocenters. The van der Waals surface area contributed by atoms with Gasteiger partial charge in [-0.15, -0.1) is 0 Å². The Kier molecular flexibility index (Phi) is 2.48. The number of benzene rings is 1. The molecule has 0 aliphatic carbocycles. The van der Waals surface area contributed by atoms with Gasteiger partial charge in [0.15, 0.2) is 0 Å². The Hall–Kier alpha value is -1.000. The van der Waals surface area contributed by atoms with E-state index in [1.165, 1.54) is 0 Å². The summed E-state index contributed by atoms with van der Waals surface area (Å²) >= 11 is 6.76. The maximum atomic E-state index is 11.3. The van der Waals surface area contributed by atoms with Crippen LogP contribution in [-0.4, -0.2) is 11.1 Å². The molecule has 2 amide bonds. The molecule has 1 saturated heterocycles. The Balaban J connectivity index is 2.31. The van der Waals surface area contributed by atoms with Gasteiger partial charge in [0.25, 0.3) is 5.24 Å². The molecule has 0 radical (unpaired) electrons. The molecule has 1 aromatic carbocycles. The molecule has 2 rings (SSSR count). The van der Waals surface area contributed by atoms with E-state index < -0.39 is 5.25 Å². The van der Waals surface area contributed by atoms with Gasteiger partial charge in [-0.1, -0.05) is 23.7 Å². The topological polar surface area (TPSA) is 46.2 Å². The average molecular weight is 228 g/mol. The first-order valence-corrected chi connectivity index (χ1v) is 5.19. The summed E-state index contributed by atoms with van der Waals surface area (Å²) in [6.07, 6.45) is 0. The summed E-state index contributed by atoms with van der Waals surface area (Å²) in [5.74, 6) is -0.276. The van der Waals surface area contributed by atoms with Crippen LogP contribution in [0.1, 0.15) is 10.8 Å². The first-order chi connectivity index (χ1) is 6.66. The fourth-order valence-corrected chi connectivity index (χ4v) is 2.27. The number of hydrogen-bond acceptors (Lipinski definition) is 3. The molecule has 0 spiro atoms. The molecule has 0 bridgehead atoms. The first-order valence-electron chi connectivity index (χ1n) is 3.94. The summed E-state index contributed by atoms with van der Waals surface area (Å²) in [7, 11) is 0. The second kappa shape index (κ2) is 3.63. The Labute approximate surface area is 89.8 Å². The number of rotatable bonds is 1. The normalized spacial score (nSPS) is 21.1. The van der Waals surface area contributed by atoms with E-state index in [0.29, 0.717) is 5.02 Å². The Morgan fingerprint density at radius 2 is 2.14 bits per heavy atom. The van der Waals surface area contributed by atoms with E-state index in [9.17, 15) is 9.59 Å². The van der Waals surface area contributed by atoms with Crippen molar-refractivity contribution < 1.29 is 9.59 Å². The van der Waals surface area contributed by atoms with Crippen molar-refractivity contribution in [2.24, 2.45) is 0 Å². The number of thioether (sulfide) groups is 1. The third-order valence-corrected chi connectivity index (χ3v) is 3.11. The molecule has 1 fully saturated rings. The van der Waals surface area contributed by atoms with Crippen LogP contribution < -0.4 is 5.32 Å². The zero-order chi connectivity index (χ0) is 10.1. The zero-order valence-corrected chi connectivity index (χ0v) is 8.56. The highest BCUT2D eigenvalue weighted by atomic mass is 35.5. The number of hydrogen-bond donors (Lipinski definition) is 1. The fraction of sp³-hybridized carbons (Fsp3) is 0.111. The van der Waals surface area contributed by atoms with Gasteiger partial charge in [-0.25, -0.2) is 0 Å². The number of amides is 2. The van der Waals surface area contributed by atoms with Gasteiger partial charge in [-0.05, 0) is 29.5 Å². The van der Waals surface area contributed by atoms with Crippen LogP contribution in [0.25, 0.3) is 0 Å². The second-order valence-corrected chi connectivity index (χ2v) is 4.34. The summed E-state index contributed by atoms with van der Waals surface area (Å²) < 4.78 is 0.